The minimum absolute atomic E-state index is 0.0665. The van der Waals surface area contributed by atoms with E-state index in [1.165, 1.54) is 12.3 Å². The van der Waals surface area contributed by atoms with Crippen molar-refractivity contribution in [3.05, 3.63) is 23.9 Å². The molecule has 0 N–H and O–H groups in total. The molecule has 1 atom stereocenters. The van der Waals surface area contributed by atoms with Crippen LogP contribution in [-0.2, 0) is 6.18 Å². The zero-order valence-corrected chi connectivity index (χ0v) is 11.5. The predicted molar refractivity (Wildman–Crippen MR) is 68.6 cm³/mol. The van der Waals surface area contributed by atoms with Crippen molar-refractivity contribution in [1.29, 1.82) is 0 Å². The van der Waals surface area contributed by atoms with Gasteiger partial charge in [-0.1, -0.05) is 0 Å². The predicted octanol–water partition coefficient (Wildman–Crippen LogP) is 1.72. The number of nitrogens with zero attached hydrogens (tertiary/aromatic N) is 3. The zero-order valence-electron chi connectivity index (χ0n) is 11.5. The summed E-state index contributed by atoms with van der Waals surface area (Å²) in [5.41, 5.74) is -0.827. The van der Waals surface area contributed by atoms with E-state index in [1.54, 1.807) is 0 Å². The van der Waals surface area contributed by atoms with Crippen LogP contribution >= 0.6 is 0 Å². The fraction of sp³-hybridized carbons (Fsp3) is 0.615. The molecule has 1 unspecified atom stereocenters. The van der Waals surface area contributed by atoms with Gasteiger partial charge in [-0.2, -0.15) is 13.2 Å². The fourth-order valence-electron chi connectivity index (χ4n) is 2.18. The van der Waals surface area contributed by atoms with Crippen LogP contribution in [0.3, 0.4) is 0 Å². The second-order valence-corrected chi connectivity index (χ2v) is 5.06. The molecule has 2 heterocycles. The van der Waals surface area contributed by atoms with Crippen LogP contribution in [0.2, 0.25) is 0 Å². The maximum absolute atomic E-state index is 12.8. The maximum Gasteiger partial charge on any atom is 0.421 e. The molecule has 0 aliphatic carbocycles. The van der Waals surface area contributed by atoms with Crippen molar-refractivity contribution in [1.82, 2.24) is 14.8 Å². The van der Waals surface area contributed by atoms with Crippen LogP contribution in [0.25, 0.3) is 0 Å². The lowest BCUT2D eigenvalue weighted by atomic mass is 10.2. The molecule has 1 saturated heterocycles. The Bertz CT molecular complexity index is 453. The first-order valence-corrected chi connectivity index (χ1v) is 6.41. The molecule has 1 fully saturated rings. The summed E-state index contributed by atoms with van der Waals surface area (Å²) in [5, 5.41) is 0. The van der Waals surface area contributed by atoms with Gasteiger partial charge in [0, 0.05) is 25.8 Å². The second-order valence-electron chi connectivity index (χ2n) is 5.06. The summed E-state index contributed by atoms with van der Waals surface area (Å²) < 4.78 is 43.8. The van der Waals surface area contributed by atoms with Crippen molar-refractivity contribution in [3.8, 4) is 5.88 Å². The quantitative estimate of drug-likeness (QED) is 0.847. The molecule has 2 rings (SSSR count). The highest BCUT2D eigenvalue weighted by atomic mass is 19.4. The summed E-state index contributed by atoms with van der Waals surface area (Å²) in [7, 11) is 3.94. The van der Waals surface area contributed by atoms with Gasteiger partial charge in [0.2, 0.25) is 5.88 Å². The number of hydrogen-bond acceptors (Lipinski definition) is 4. The summed E-state index contributed by atoms with van der Waals surface area (Å²) in [6.45, 7) is 2.79. The van der Waals surface area contributed by atoms with Gasteiger partial charge in [0.15, 0.2) is 0 Å². The topological polar surface area (TPSA) is 28.6 Å². The van der Waals surface area contributed by atoms with E-state index in [0.29, 0.717) is 0 Å². The summed E-state index contributed by atoms with van der Waals surface area (Å²) in [6, 6.07) is 2.31. The molecular weight excluding hydrogens is 271 g/mol. The average Bonchev–Trinajstić information content (AvgIpc) is 2.39. The Morgan fingerprint density at radius 2 is 2.10 bits per heavy atom. The zero-order chi connectivity index (χ0) is 14.8. The van der Waals surface area contributed by atoms with Gasteiger partial charge in [-0.25, -0.2) is 4.98 Å². The Hall–Kier alpha value is -1.34. The van der Waals surface area contributed by atoms with Gasteiger partial charge in [0.25, 0.3) is 0 Å². The van der Waals surface area contributed by atoms with Crippen LogP contribution < -0.4 is 4.74 Å². The largest absolute Gasteiger partial charge is 0.476 e. The second kappa shape index (κ2) is 5.97. The van der Waals surface area contributed by atoms with Crippen LogP contribution in [-0.4, -0.2) is 61.2 Å². The lowest BCUT2D eigenvalue weighted by molar-refractivity contribution is -0.139. The van der Waals surface area contributed by atoms with Crippen molar-refractivity contribution in [3.63, 3.8) is 0 Å². The number of likely N-dealkylation sites (N-methyl/N-ethyl adjacent to an activating group) is 2. The van der Waals surface area contributed by atoms with Crippen LogP contribution in [0.1, 0.15) is 5.56 Å². The van der Waals surface area contributed by atoms with Gasteiger partial charge in [0.1, 0.15) is 12.2 Å². The van der Waals surface area contributed by atoms with E-state index in [2.05, 4.69) is 14.8 Å². The average molecular weight is 289 g/mol. The van der Waals surface area contributed by atoms with Gasteiger partial charge >= 0.3 is 6.18 Å². The van der Waals surface area contributed by atoms with Crippen molar-refractivity contribution in [2.45, 2.75) is 12.2 Å². The molecule has 4 nitrogen and oxygen atoms in total. The van der Waals surface area contributed by atoms with E-state index in [9.17, 15) is 13.2 Å². The number of ether oxygens (including phenoxy) is 1. The van der Waals surface area contributed by atoms with E-state index in [4.69, 9.17) is 4.74 Å². The van der Waals surface area contributed by atoms with E-state index < -0.39 is 11.7 Å². The molecule has 0 aromatic carbocycles. The molecule has 20 heavy (non-hydrogen) atoms. The molecule has 1 aromatic heterocycles. The normalized spacial score (nSPS) is 21.9. The highest BCUT2D eigenvalue weighted by Gasteiger charge is 2.35. The summed E-state index contributed by atoms with van der Waals surface area (Å²) >= 11 is 0. The number of hydrogen-bond donors (Lipinski definition) is 0. The van der Waals surface area contributed by atoms with Gasteiger partial charge in [-0.05, 0) is 26.2 Å². The lowest BCUT2D eigenvalue weighted by Gasteiger charge is -2.37. The lowest BCUT2D eigenvalue weighted by Crippen LogP contribution is -2.52. The van der Waals surface area contributed by atoms with Gasteiger partial charge in [0.05, 0.1) is 6.04 Å². The third kappa shape index (κ3) is 3.61. The first kappa shape index (κ1) is 15.1. The molecule has 0 radical (unpaired) electrons. The number of piperazine rings is 1. The van der Waals surface area contributed by atoms with Crippen molar-refractivity contribution in [2.24, 2.45) is 0 Å². The molecule has 0 bridgehead atoms. The first-order chi connectivity index (χ1) is 9.38. The highest BCUT2D eigenvalue weighted by Crippen LogP contribution is 2.34. The van der Waals surface area contributed by atoms with Gasteiger partial charge in [-0.3, -0.25) is 4.90 Å². The minimum atomic E-state index is -4.45. The van der Waals surface area contributed by atoms with E-state index in [0.717, 1.165) is 25.7 Å². The number of rotatable bonds is 3. The third-order valence-corrected chi connectivity index (χ3v) is 3.47. The Labute approximate surface area is 116 Å². The van der Waals surface area contributed by atoms with Gasteiger partial charge in [-0.15, -0.1) is 0 Å². The summed E-state index contributed by atoms with van der Waals surface area (Å²) in [4.78, 5) is 7.93. The molecule has 1 aromatic rings. The number of halogens is 3. The molecule has 0 saturated carbocycles. The Balaban J connectivity index is 2.04. The molecule has 0 amide bonds. The SMILES string of the molecule is CN1CCN(C)C(COc2ncccc2C(F)(F)F)C1. The van der Waals surface area contributed by atoms with Crippen LogP contribution in [0.15, 0.2) is 18.3 Å². The third-order valence-electron chi connectivity index (χ3n) is 3.47. The Kier molecular flexibility index (Phi) is 4.49. The van der Waals surface area contributed by atoms with E-state index >= 15 is 0 Å². The van der Waals surface area contributed by atoms with Crippen LogP contribution in [0.5, 0.6) is 5.88 Å². The van der Waals surface area contributed by atoms with Crippen LogP contribution in [0, 0.1) is 0 Å². The van der Waals surface area contributed by atoms with Gasteiger partial charge < -0.3 is 9.64 Å². The minimum Gasteiger partial charge on any atom is -0.476 e. The van der Waals surface area contributed by atoms with E-state index in [1.807, 2.05) is 14.1 Å². The van der Waals surface area contributed by atoms with E-state index in [-0.39, 0.29) is 18.5 Å². The molecular formula is C13H18F3N3O. The highest BCUT2D eigenvalue weighted by molar-refractivity contribution is 5.28. The summed E-state index contributed by atoms with van der Waals surface area (Å²) in [6.07, 6.45) is -3.14. The van der Waals surface area contributed by atoms with Crippen LogP contribution in [0.4, 0.5) is 13.2 Å². The monoisotopic (exact) mass is 289 g/mol. The standard InChI is InChI=1S/C13H18F3N3O/c1-18-6-7-19(2)10(8-18)9-20-12-11(13(14,15)16)4-3-5-17-12/h3-5,10H,6-9H2,1-2H3. The fourth-order valence-corrected chi connectivity index (χ4v) is 2.18. The van der Waals surface area contributed by atoms with Crippen molar-refractivity contribution >= 4 is 0 Å². The molecule has 7 heteroatoms. The summed E-state index contributed by atoms with van der Waals surface area (Å²) in [5.74, 6) is -0.346. The number of pyridine rings is 1. The Morgan fingerprint density at radius 1 is 1.35 bits per heavy atom. The first-order valence-electron chi connectivity index (χ1n) is 6.41. The van der Waals surface area contributed by atoms with Crippen molar-refractivity contribution in [2.75, 3.05) is 40.3 Å². The van der Waals surface area contributed by atoms with Crippen molar-refractivity contribution < 1.29 is 17.9 Å². The Morgan fingerprint density at radius 3 is 2.80 bits per heavy atom. The number of aromatic nitrogens is 1. The molecule has 1 aliphatic rings. The maximum atomic E-state index is 12.8. The molecule has 1 aliphatic heterocycles. The number of alkyl halides is 3. The molecule has 112 valence electrons. The smallest absolute Gasteiger partial charge is 0.421 e. The molecule has 0 spiro atoms.